The molecule has 138 valence electrons. The highest BCUT2D eigenvalue weighted by Crippen LogP contribution is 2.25. The molecule has 8 heteroatoms. The van der Waals surface area contributed by atoms with Gasteiger partial charge in [-0.15, -0.1) is 10.2 Å². The summed E-state index contributed by atoms with van der Waals surface area (Å²) in [6.45, 7) is 6.56. The molecular weight excluding hydrogens is 340 g/mol. The summed E-state index contributed by atoms with van der Waals surface area (Å²) >= 11 is 0. The van der Waals surface area contributed by atoms with Crippen molar-refractivity contribution >= 4 is 17.4 Å². The lowest BCUT2D eigenvalue weighted by molar-refractivity contribution is 0.506. The fourth-order valence-electron chi connectivity index (χ4n) is 2.87. The van der Waals surface area contributed by atoms with Crippen molar-refractivity contribution in [3.05, 3.63) is 48.7 Å². The molecular formula is C19H22N8. The van der Waals surface area contributed by atoms with Crippen LogP contribution in [0.3, 0.4) is 0 Å². The Bertz CT molecular complexity index is 1080. The van der Waals surface area contributed by atoms with E-state index in [4.69, 9.17) is 0 Å². The molecule has 4 aromatic heterocycles. The van der Waals surface area contributed by atoms with Crippen LogP contribution in [-0.4, -0.2) is 34.3 Å². The average Bonchev–Trinajstić information content (AvgIpc) is 3.27. The predicted octanol–water partition coefficient (Wildman–Crippen LogP) is 3.42. The molecule has 4 rings (SSSR count). The molecule has 1 N–H and O–H groups in total. The van der Waals surface area contributed by atoms with Gasteiger partial charge in [0.25, 0.3) is 0 Å². The third kappa shape index (κ3) is 3.25. The first-order valence-electron chi connectivity index (χ1n) is 8.96. The molecule has 27 heavy (non-hydrogen) atoms. The van der Waals surface area contributed by atoms with E-state index in [1.54, 1.807) is 17.1 Å². The summed E-state index contributed by atoms with van der Waals surface area (Å²) in [5.41, 5.74) is 2.60. The van der Waals surface area contributed by atoms with Crippen LogP contribution in [0.2, 0.25) is 0 Å². The van der Waals surface area contributed by atoms with Crippen molar-refractivity contribution in [1.82, 2.24) is 34.3 Å². The van der Waals surface area contributed by atoms with Gasteiger partial charge < -0.3 is 5.32 Å². The molecule has 0 saturated heterocycles. The van der Waals surface area contributed by atoms with Gasteiger partial charge >= 0.3 is 0 Å². The zero-order chi connectivity index (χ0) is 19.0. The Morgan fingerprint density at radius 2 is 1.89 bits per heavy atom. The highest BCUT2D eigenvalue weighted by atomic mass is 15.3. The van der Waals surface area contributed by atoms with E-state index in [0.29, 0.717) is 17.8 Å². The van der Waals surface area contributed by atoms with Gasteiger partial charge in [-0.25, -0.2) is 9.97 Å². The van der Waals surface area contributed by atoms with Crippen LogP contribution >= 0.6 is 0 Å². The minimum Gasteiger partial charge on any atom is -0.309 e. The van der Waals surface area contributed by atoms with Gasteiger partial charge in [0, 0.05) is 37.0 Å². The molecule has 0 aromatic carbocycles. The zero-order valence-corrected chi connectivity index (χ0v) is 15.8. The Labute approximate surface area is 157 Å². The number of aryl methyl sites for hydroxylation is 1. The van der Waals surface area contributed by atoms with Crippen LogP contribution in [0.5, 0.6) is 0 Å². The van der Waals surface area contributed by atoms with Crippen molar-refractivity contribution in [2.75, 3.05) is 5.32 Å². The number of fused-ring (bicyclic) bond motifs is 1. The molecule has 0 spiro atoms. The first-order chi connectivity index (χ1) is 13.0. The second kappa shape index (κ2) is 6.79. The van der Waals surface area contributed by atoms with E-state index in [1.807, 2.05) is 41.9 Å². The molecule has 8 nitrogen and oxygen atoms in total. The van der Waals surface area contributed by atoms with Crippen LogP contribution in [0, 0.1) is 5.92 Å². The maximum Gasteiger partial charge on any atom is 0.228 e. The van der Waals surface area contributed by atoms with Gasteiger partial charge in [0.1, 0.15) is 11.6 Å². The van der Waals surface area contributed by atoms with Gasteiger partial charge in [-0.2, -0.15) is 5.10 Å². The first-order valence-corrected chi connectivity index (χ1v) is 8.96. The van der Waals surface area contributed by atoms with Crippen LogP contribution < -0.4 is 5.32 Å². The standard InChI is InChI=1S/C19H22N8/c1-12(2)13(3)18-25-24-17-11-14(7-10-27(17)18)15-5-8-20-19(22-15)23-16-6-9-21-26(16)4/h5-13H,1-4H3,(H,20,22,23). The number of pyridine rings is 1. The van der Waals surface area contributed by atoms with Crippen molar-refractivity contribution < 1.29 is 0 Å². The van der Waals surface area contributed by atoms with Crippen molar-refractivity contribution in [3.8, 4) is 11.3 Å². The number of nitrogens with zero attached hydrogens (tertiary/aromatic N) is 7. The summed E-state index contributed by atoms with van der Waals surface area (Å²) < 4.78 is 3.78. The summed E-state index contributed by atoms with van der Waals surface area (Å²) in [7, 11) is 1.86. The first kappa shape index (κ1) is 17.1. The molecule has 4 aromatic rings. The summed E-state index contributed by atoms with van der Waals surface area (Å²) in [5, 5.41) is 16.0. The topological polar surface area (TPSA) is 85.8 Å². The SMILES string of the molecule is CC(C)C(C)c1nnc2cc(-c3ccnc(Nc4ccnn4C)n3)ccn12. The third-order valence-corrected chi connectivity index (χ3v) is 4.86. The van der Waals surface area contributed by atoms with Crippen LogP contribution in [0.25, 0.3) is 16.9 Å². The molecule has 0 aliphatic rings. The minimum absolute atomic E-state index is 0.333. The third-order valence-electron chi connectivity index (χ3n) is 4.86. The molecule has 4 heterocycles. The van der Waals surface area contributed by atoms with Gasteiger partial charge in [-0.05, 0) is 24.1 Å². The molecule has 1 unspecified atom stereocenters. The Balaban J connectivity index is 1.66. The summed E-state index contributed by atoms with van der Waals surface area (Å²) in [6.07, 6.45) is 5.47. The fourth-order valence-corrected chi connectivity index (χ4v) is 2.87. The van der Waals surface area contributed by atoms with Crippen LogP contribution in [-0.2, 0) is 7.05 Å². The van der Waals surface area contributed by atoms with E-state index >= 15 is 0 Å². The van der Waals surface area contributed by atoms with Gasteiger partial charge in [0.2, 0.25) is 5.95 Å². The lowest BCUT2D eigenvalue weighted by atomic mass is 9.97. The molecule has 1 atom stereocenters. The van der Waals surface area contributed by atoms with Crippen LogP contribution in [0.15, 0.2) is 42.9 Å². The van der Waals surface area contributed by atoms with E-state index in [1.165, 1.54) is 0 Å². The minimum atomic E-state index is 0.333. The molecule has 0 radical (unpaired) electrons. The Kier molecular flexibility index (Phi) is 4.31. The molecule has 0 fully saturated rings. The maximum absolute atomic E-state index is 4.62. The Morgan fingerprint density at radius 1 is 1.04 bits per heavy atom. The molecule has 0 aliphatic heterocycles. The maximum atomic E-state index is 4.62. The second-order valence-electron chi connectivity index (χ2n) is 6.97. The molecule has 0 amide bonds. The second-order valence-corrected chi connectivity index (χ2v) is 6.97. The van der Waals surface area contributed by atoms with Gasteiger partial charge in [-0.3, -0.25) is 9.08 Å². The molecule has 0 aliphatic carbocycles. The van der Waals surface area contributed by atoms with E-state index in [9.17, 15) is 0 Å². The number of rotatable bonds is 5. The Morgan fingerprint density at radius 3 is 2.63 bits per heavy atom. The number of nitrogens with one attached hydrogen (secondary N) is 1. The van der Waals surface area contributed by atoms with E-state index in [-0.39, 0.29) is 0 Å². The lowest BCUT2D eigenvalue weighted by Gasteiger charge is -2.13. The van der Waals surface area contributed by atoms with Gasteiger partial charge in [0.15, 0.2) is 5.65 Å². The average molecular weight is 362 g/mol. The van der Waals surface area contributed by atoms with E-state index in [0.717, 1.165) is 28.5 Å². The monoisotopic (exact) mass is 362 g/mol. The number of hydrogen-bond acceptors (Lipinski definition) is 6. The highest BCUT2D eigenvalue weighted by molar-refractivity contribution is 5.65. The largest absolute Gasteiger partial charge is 0.309 e. The molecule has 0 bridgehead atoms. The smallest absolute Gasteiger partial charge is 0.228 e. The lowest BCUT2D eigenvalue weighted by Crippen LogP contribution is -2.07. The van der Waals surface area contributed by atoms with Gasteiger partial charge in [-0.1, -0.05) is 20.8 Å². The van der Waals surface area contributed by atoms with Crippen molar-refractivity contribution in [2.45, 2.75) is 26.7 Å². The molecule has 0 saturated carbocycles. The normalized spacial score (nSPS) is 12.6. The predicted molar refractivity (Wildman–Crippen MR) is 104 cm³/mol. The zero-order valence-electron chi connectivity index (χ0n) is 15.8. The Hall–Kier alpha value is -3.29. The number of anilines is 2. The summed E-state index contributed by atoms with van der Waals surface area (Å²) in [6, 6.07) is 7.78. The van der Waals surface area contributed by atoms with E-state index < -0.39 is 0 Å². The van der Waals surface area contributed by atoms with Crippen LogP contribution in [0.4, 0.5) is 11.8 Å². The van der Waals surface area contributed by atoms with Crippen molar-refractivity contribution in [1.29, 1.82) is 0 Å². The number of aromatic nitrogens is 7. The summed E-state index contributed by atoms with van der Waals surface area (Å²) in [5.74, 6) is 3.16. The van der Waals surface area contributed by atoms with Gasteiger partial charge in [0.05, 0.1) is 11.9 Å². The fraction of sp³-hybridized carbons (Fsp3) is 0.316. The summed E-state index contributed by atoms with van der Waals surface area (Å²) in [4.78, 5) is 8.91. The quantitative estimate of drug-likeness (QED) is 0.585. The van der Waals surface area contributed by atoms with Crippen molar-refractivity contribution in [2.24, 2.45) is 13.0 Å². The van der Waals surface area contributed by atoms with E-state index in [2.05, 4.69) is 51.4 Å². The number of hydrogen-bond donors (Lipinski definition) is 1. The highest BCUT2D eigenvalue weighted by Gasteiger charge is 2.17. The van der Waals surface area contributed by atoms with Crippen molar-refractivity contribution in [3.63, 3.8) is 0 Å². The van der Waals surface area contributed by atoms with Crippen LogP contribution in [0.1, 0.15) is 32.5 Å².